The summed E-state index contributed by atoms with van der Waals surface area (Å²) in [6.07, 6.45) is 8.18. The average Bonchev–Trinajstić information content (AvgIpc) is 3.19. The van der Waals surface area contributed by atoms with Crippen LogP contribution in [0.15, 0.2) is 41.1 Å². The molecule has 0 N–H and O–H groups in total. The molecule has 2 aromatic heterocycles. The predicted octanol–water partition coefficient (Wildman–Crippen LogP) is 2.26. The van der Waals surface area contributed by atoms with Crippen LogP contribution < -0.4 is 17.0 Å². The fourth-order valence-electron chi connectivity index (χ4n) is 4.44. The smallest absolute Gasteiger partial charge is 0.0896 e. The number of hydrogen-bond acceptors (Lipinski definition) is 2. The molecule has 0 amide bonds. The van der Waals surface area contributed by atoms with Gasteiger partial charge in [-0.1, -0.05) is 18.2 Å². The molecule has 2 bridgehead atoms. The fraction of sp³-hybridized carbons (Fsp3) is 0.474. The fourth-order valence-corrected chi connectivity index (χ4v) is 6.04. The molecule has 0 saturated carbocycles. The molecule has 0 aromatic carbocycles. The lowest BCUT2D eigenvalue weighted by molar-refractivity contribution is -0.931. The van der Waals surface area contributed by atoms with E-state index in [1.807, 2.05) is 22.7 Å². The van der Waals surface area contributed by atoms with Crippen molar-refractivity contribution in [2.75, 3.05) is 14.1 Å². The molecule has 2 aromatic rings. The summed E-state index contributed by atoms with van der Waals surface area (Å²) in [7, 11) is 4.89. The first-order valence-corrected chi connectivity index (χ1v) is 10.0. The minimum Gasteiger partial charge on any atom is -1.00 e. The molecule has 4 heterocycles. The van der Waals surface area contributed by atoms with Gasteiger partial charge in [0.2, 0.25) is 0 Å². The molecule has 0 radical (unpaired) electrons. The zero-order valence-electron chi connectivity index (χ0n) is 13.7. The second-order valence-corrected chi connectivity index (χ2v) is 9.18. The number of allylic oxidation sites excluding steroid dienone is 1. The molecule has 2 fully saturated rings. The standard InChI is InChI=1S/C19H24NS2.BrH/c1-20(2)15-7-8-16(20)12-14(11-15)13-17(18-5-3-9-21-18)19-6-4-10-22-19;/h3-6,9-10,13-16H,7-8,11-12H2,1-2H3;1H/q+1;/p-1/t14?,15-,16+;. The van der Waals surface area contributed by atoms with Crippen LogP contribution in [0.1, 0.15) is 35.4 Å². The molecule has 23 heavy (non-hydrogen) atoms. The average molecular weight is 410 g/mol. The Kier molecular flexibility index (Phi) is 5.17. The maximum atomic E-state index is 2.60. The summed E-state index contributed by atoms with van der Waals surface area (Å²) >= 11 is 3.74. The van der Waals surface area contributed by atoms with E-state index >= 15 is 0 Å². The molecule has 3 atom stereocenters. The van der Waals surface area contributed by atoms with Gasteiger partial charge in [0.25, 0.3) is 0 Å². The third-order valence-electron chi connectivity index (χ3n) is 5.84. The van der Waals surface area contributed by atoms with Crippen LogP contribution in [-0.2, 0) is 0 Å². The van der Waals surface area contributed by atoms with Crippen molar-refractivity contribution in [1.29, 1.82) is 0 Å². The number of piperidine rings is 1. The Balaban J connectivity index is 0.00000156. The number of halogens is 1. The van der Waals surface area contributed by atoms with E-state index in [0.717, 1.165) is 18.0 Å². The summed E-state index contributed by atoms with van der Waals surface area (Å²) in [5.74, 6) is 0.753. The first kappa shape index (κ1) is 17.4. The first-order chi connectivity index (χ1) is 10.6. The van der Waals surface area contributed by atoms with Crippen LogP contribution in [0.2, 0.25) is 0 Å². The van der Waals surface area contributed by atoms with Gasteiger partial charge in [-0.25, -0.2) is 0 Å². The molecular formula is C19H24BrNS2. The van der Waals surface area contributed by atoms with Crippen molar-refractivity contribution in [1.82, 2.24) is 0 Å². The number of thiophene rings is 2. The lowest BCUT2D eigenvalue weighted by atomic mass is 9.87. The Morgan fingerprint density at radius 3 is 1.96 bits per heavy atom. The van der Waals surface area contributed by atoms with Gasteiger partial charge in [-0.3, -0.25) is 0 Å². The third kappa shape index (κ3) is 3.23. The zero-order valence-corrected chi connectivity index (χ0v) is 17.0. The van der Waals surface area contributed by atoms with Crippen LogP contribution in [-0.4, -0.2) is 30.7 Å². The van der Waals surface area contributed by atoms with Crippen molar-refractivity contribution < 1.29 is 21.5 Å². The molecule has 1 unspecified atom stereocenters. The van der Waals surface area contributed by atoms with Gasteiger partial charge < -0.3 is 21.5 Å². The van der Waals surface area contributed by atoms with Gasteiger partial charge in [0.1, 0.15) is 0 Å². The van der Waals surface area contributed by atoms with Gasteiger partial charge in [-0.2, -0.15) is 0 Å². The van der Waals surface area contributed by atoms with Gasteiger partial charge in [0.05, 0.1) is 26.2 Å². The minimum atomic E-state index is 0. The predicted molar refractivity (Wildman–Crippen MR) is 97.4 cm³/mol. The zero-order chi connectivity index (χ0) is 15.2. The van der Waals surface area contributed by atoms with Crippen molar-refractivity contribution in [2.45, 2.75) is 37.8 Å². The first-order valence-electron chi connectivity index (χ1n) is 8.27. The van der Waals surface area contributed by atoms with Crippen LogP contribution in [0.4, 0.5) is 0 Å². The normalized spacial score (nSPS) is 28.2. The van der Waals surface area contributed by atoms with E-state index in [-0.39, 0.29) is 17.0 Å². The molecule has 2 saturated heterocycles. The van der Waals surface area contributed by atoms with Crippen molar-refractivity contribution >= 4 is 28.2 Å². The SMILES string of the molecule is C[N+]1(C)[C@@H]2CC[C@H]1CC(C=C(c1cccs1)c1cccs1)C2.[Br-]. The number of rotatable bonds is 3. The number of nitrogens with zero attached hydrogens (tertiary/aromatic N) is 1. The van der Waals surface area contributed by atoms with E-state index in [1.54, 1.807) is 0 Å². The summed E-state index contributed by atoms with van der Waals surface area (Å²) in [5, 5.41) is 4.39. The van der Waals surface area contributed by atoms with Gasteiger partial charge in [0.15, 0.2) is 0 Å². The highest BCUT2D eigenvalue weighted by molar-refractivity contribution is 7.13. The van der Waals surface area contributed by atoms with Crippen molar-refractivity contribution in [2.24, 2.45) is 5.92 Å². The van der Waals surface area contributed by atoms with E-state index in [0.29, 0.717) is 0 Å². The number of hydrogen-bond donors (Lipinski definition) is 0. The van der Waals surface area contributed by atoms with E-state index in [4.69, 9.17) is 0 Å². The van der Waals surface area contributed by atoms with Crippen LogP contribution in [0.5, 0.6) is 0 Å². The monoisotopic (exact) mass is 409 g/mol. The molecule has 4 rings (SSSR count). The van der Waals surface area contributed by atoms with Gasteiger partial charge in [-0.15, -0.1) is 22.7 Å². The van der Waals surface area contributed by atoms with E-state index in [9.17, 15) is 0 Å². The largest absolute Gasteiger partial charge is 1.00 e. The molecule has 1 nitrogen and oxygen atoms in total. The van der Waals surface area contributed by atoms with E-state index in [1.165, 1.54) is 45.5 Å². The van der Waals surface area contributed by atoms with Crippen molar-refractivity contribution in [3.63, 3.8) is 0 Å². The summed E-state index contributed by atoms with van der Waals surface area (Å²) in [6, 6.07) is 10.6. The molecule has 4 heteroatoms. The highest BCUT2D eigenvalue weighted by Crippen LogP contribution is 2.44. The van der Waals surface area contributed by atoms with Gasteiger partial charge in [-0.05, 0) is 28.8 Å². The number of fused-ring (bicyclic) bond motifs is 2. The quantitative estimate of drug-likeness (QED) is 0.681. The summed E-state index contributed by atoms with van der Waals surface area (Å²) in [6.45, 7) is 0. The Labute approximate surface area is 158 Å². The minimum absolute atomic E-state index is 0. The summed E-state index contributed by atoms with van der Waals surface area (Å²) in [5.41, 5.74) is 1.47. The van der Waals surface area contributed by atoms with Crippen LogP contribution in [0.3, 0.4) is 0 Å². The maximum absolute atomic E-state index is 2.60. The molecule has 2 aliphatic rings. The Morgan fingerprint density at radius 1 is 1.00 bits per heavy atom. The summed E-state index contributed by atoms with van der Waals surface area (Å²) < 4.78 is 1.26. The molecule has 2 aliphatic heterocycles. The van der Waals surface area contributed by atoms with Crippen molar-refractivity contribution in [3.05, 3.63) is 50.9 Å². The lowest BCUT2D eigenvalue weighted by Crippen LogP contribution is -3.00. The second-order valence-electron chi connectivity index (χ2n) is 7.28. The molecule has 0 aliphatic carbocycles. The van der Waals surface area contributed by atoms with Gasteiger partial charge >= 0.3 is 0 Å². The number of quaternary nitrogens is 1. The maximum Gasteiger partial charge on any atom is 0.0896 e. The van der Waals surface area contributed by atoms with Gasteiger partial charge in [0, 0.05) is 41.0 Å². The Bertz CT molecular complexity index is 605. The Morgan fingerprint density at radius 2 is 1.52 bits per heavy atom. The second kappa shape index (κ2) is 6.83. The molecule has 0 spiro atoms. The van der Waals surface area contributed by atoms with Crippen LogP contribution in [0.25, 0.3) is 5.57 Å². The van der Waals surface area contributed by atoms with E-state index in [2.05, 4.69) is 55.2 Å². The highest BCUT2D eigenvalue weighted by Gasteiger charge is 2.48. The van der Waals surface area contributed by atoms with Crippen LogP contribution >= 0.6 is 22.7 Å². The molecular weight excluding hydrogens is 386 g/mol. The third-order valence-corrected chi connectivity index (χ3v) is 7.65. The van der Waals surface area contributed by atoms with Crippen LogP contribution in [0, 0.1) is 5.92 Å². The highest BCUT2D eigenvalue weighted by atomic mass is 79.9. The van der Waals surface area contributed by atoms with E-state index < -0.39 is 0 Å². The molecule has 124 valence electrons. The van der Waals surface area contributed by atoms with Crippen molar-refractivity contribution in [3.8, 4) is 0 Å². The Hall–Kier alpha value is -0.420. The summed E-state index contributed by atoms with van der Waals surface area (Å²) in [4.78, 5) is 2.85. The topological polar surface area (TPSA) is 0 Å². The lowest BCUT2D eigenvalue weighted by Gasteiger charge is -2.43.